The van der Waals surface area contributed by atoms with E-state index in [-0.39, 0.29) is 17.9 Å². The van der Waals surface area contributed by atoms with Crippen molar-refractivity contribution < 1.29 is 17.9 Å². The molecule has 0 bridgehead atoms. The number of hydrogen-bond donors (Lipinski definition) is 1. The normalized spacial score (nSPS) is 15.3. The fourth-order valence-electron chi connectivity index (χ4n) is 4.68. The average Bonchev–Trinajstić information content (AvgIpc) is 2.88. The summed E-state index contributed by atoms with van der Waals surface area (Å²) in [4.78, 5) is 13.0. The van der Waals surface area contributed by atoms with Crippen LogP contribution in [-0.2, 0) is 26.7 Å². The Morgan fingerprint density at radius 1 is 0.944 bits per heavy atom. The van der Waals surface area contributed by atoms with Crippen LogP contribution in [0, 0.1) is 13.8 Å². The van der Waals surface area contributed by atoms with Gasteiger partial charge in [-0.05, 0) is 73.2 Å². The average molecular weight is 507 g/mol. The summed E-state index contributed by atoms with van der Waals surface area (Å²) in [7, 11) is -3.48. The van der Waals surface area contributed by atoms with Crippen LogP contribution >= 0.6 is 0 Å². The fraction of sp³-hybridized carbons (Fsp3) is 0.345. The number of nitrogens with one attached hydrogen (secondary N) is 1. The molecule has 0 aromatic heterocycles. The van der Waals surface area contributed by atoms with Gasteiger partial charge in [-0.3, -0.25) is 9.10 Å². The van der Waals surface area contributed by atoms with Gasteiger partial charge >= 0.3 is 0 Å². The van der Waals surface area contributed by atoms with E-state index in [1.807, 2.05) is 62.4 Å². The van der Waals surface area contributed by atoms with Crippen LogP contribution in [0.25, 0.3) is 0 Å². The number of aryl methyl sites for hydroxylation is 2. The van der Waals surface area contributed by atoms with Gasteiger partial charge in [0.25, 0.3) is 5.91 Å². The minimum atomic E-state index is -3.48. The maximum absolute atomic E-state index is 13.0. The van der Waals surface area contributed by atoms with E-state index in [0.717, 1.165) is 29.5 Å². The molecule has 0 saturated carbocycles. The second-order valence-corrected chi connectivity index (χ2v) is 11.6. The third kappa shape index (κ3) is 5.97. The first-order chi connectivity index (χ1) is 17.2. The fourth-order valence-corrected chi connectivity index (χ4v) is 5.56. The molecule has 1 fully saturated rings. The lowest BCUT2D eigenvalue weighted by molar-refractivity contribution is 0.0487. The quantitative estimate of drug-likeness (QED) is 0.479. The highest BCUT2D eigenvalue weighted by Crippen LogP contribution is 2.34. The summed E-state index contributed by atoms with van der Waals surface area (Å²) in [6.45, 7) is 6.05. The molecule has 7 heteroatoms. The number of carbonyl (C=O) groups is 1. The molecule has 1 aliphatic heterocycles. The van der Waals surface area contributed by atoms with Crippen LogP contribution in [0.1, 0.15) is 45.5 Å². The Morgan fingerprint density at radius 3 is 2.22 bits per heavy atom. The molecule has 1 aliphatic rings. The number of ether oxygens (including phenoxy) is 1. The van der Waals surface area contributed by atoms with E-state index in [4.69, 9.17) is 4.74 Å². The van der Waals surface area contributed by atoms with Crippen molar-refractivity contribution in [3.05, 3.63) is 101 Å². The van der Waals surface area contributed by atoms with Gasteiger partial charge in [0.2, 0.25) is 10.0 Å². The molecule has 0 radical (unpaired) electrons. The van der Waals surface area contributed by atoms with E-state index in [0.29, 0.717) is 31.0 Å². The van der Waals surface area contributed by atoms with E-state index >= 15 is 0 Å². The van der Waals surface area contributed by atoms with E-state index in [9.17, 15) is 13.2 Å². The van der Waals surface area contributed by atoms with Crippen LogP contribution in [0.5, 0.6) is 0 Å². The predicted octanol–water partition coefficient (Wildman–Crippen LogP) is 4.75. The van der Waals surface area contributed by atoms with Crippen molar-refractivity contribution in [1.82, 2.24) is 5.32 Å². The summed E-state index contributed by atoms with van der Waals surface area (Å²) in [6.07, 6.45) is 2.93. The minimum absolute atomic E-state index is 0.141. The Balaban J connectivity index is 1.46. The SMILES string of the molecule is Cc1ccc(N(Cc2ccc(C(=O)NCC3(c4ccccc4)CCOCC3)cc2)S(C)(=O)=O)cc1C. The van der Waals surface area contributed by atoms with Gasteiger partial charge in [0.1, 0.15) is 0 Å². The van der Waals surface area contributed by atoms with Gasteiger partial charge in [0.05, 0.1) is 18.5 Å². The van der Waals surface area contributed by atoms with Crippen molar-refractivity contribution in [3.63, 3.8) is 0 Å². The van der Waals surface area contributed by atoms with Crippen LogP contribution in [0.3, 0.4) is 0 Å². The van der Waals surface area contributed by atoms with Gasteiger partial charge in [-0.1, -0.05) is 48.5 Å². The van der Waals surface area contributed by atoms with Crippen molar-refractivity contribution in [2.75, 3.05) is 30.3 Å². The van der Waals surface area contributed by atoms with Crippen molar-refractivity contribution >= 4 is 21.6 Å². The Labute approximate surface area is 214 Å². The molecule has 36 heavy (non-hydrogen) atoms. The number of benzene rings is 3. The number of amides is 1. The Morgan fingerprint density at radius 2 is 1.61 bits per heavy atom. The van der Waals surface area contributed by atoms with Gasteiger partial charge in [-0.25, -0.2) is 8.42 Å². The molecule has 3 aromatic carbocycles. The van der Waals surface area contributed by atoms with E-state index in [1.54, 1.807) is 12.1 Å². The van der Waals surface area contributed by atoms with Gasteiger partial charge in [-0.15, -0.1) is 0 Å². The second-order valence-electron chi connectivity index (χ2n) is 9.68. The molecular formula is C29H34N2O4S. The van der Waals surface area contributed by atoms with Gasteiger partial charge in [0.15, 0.2) is 0 Å². The zero-order chi connectivity index (χ0) is 25.8. The molecule has 4 rings (SSSR count). The molecule has 0 atom stereocenters. The van der Waals surface area contributed by atoms with Crippen molar-refractivity contribution in [2.45, 2.75) is 38.6 Å². The lowest BCUT2D eigenvalue weighted by atomic mass is 9.74. The van der Waals surface area contributed by atoms with Crippen molar-refractivity contribution in [3.8, 4) is 0 Å². The second kappa shape index (κ2) is 10.8. The Hall–Kier alpha value is -3.16. The Kier molecular flexibility index (Phi) is 7.81. The van der Waals surface area contributed by atoms with Gasteiger partial charge < -0.3 is 10.1 Å². The molecule has 3 aromatic rings. The zero-order valence-electron chi connectivity index (χ0n) is 21.2. The maximum atomic E-state index is 13.0. The van der Waals surface area contributed by atoms with Crippen LogP contribution in [0.4, 0.5) is 5.69 Å². The highest BCUT2D eigenvalue weighted by Gasteiger charge is 2.34. The van der Waals surface area contributed by atoms with E-state index < -0.39 is 10.0 Å². The predicted molar refractivity (Wildman–Crippen MR) is 144 cm³/mol. The first kappa shape index (κ1) is 25.9. The molecule has 0 aliphatic carbocycles. The third-order valence-electron chi connectivity index (χ3n) is 7.14. The Bertz CT molecular complexity index is 1300. The standard InChI is InChI=1S/C29H34N2O4S/c1-22-9-14-27(19-23(22)2)31(36(3,33)34)20-24-10-12-25(13-11-24)28(32)30-21-29(15-17-35-18-16-29)26-7-5-4-6-8-26/h4-14,19H,15-18,20-21H2,1-3H3,(H,30,32). The summed E-state index contributed by atoms with van der Waals surface area (Å²) in [5, 5.41) is 3.13. The van der Waals surface area contributed by atoms with Gasteiger partial charge in [0, 0.05) is 30.7 Å². The molecule has 1 amide bonds. The van der Waals surface area contributed by atoms with Crippen LogP contribution in [-0.4, -0.2) is 40.3 Å². The number of rotatable bonds is 8. The van der Waals surface area contributed by atoms with E-state index in [2.05, 4.69) is 17.4 Å². The van der Waals surface area contributed by atoms with Crippen molar-refractivity contribution in [1.29, 1.82) is 0 Å². The smallest absolute Gasteiger partial charge is 0.251 e. The van der Waals surface area contributed by atoms with E-state index in [1.165, 1.54) is 16.1 Å². The van der Waals surface area contributed by atoms with Crippen molar-refractivity contribution in [2.24, 2.45) is 0 Å². The number of sulfonamides is 1. The molecule has 1 heterocycles. The largest absolute Gasteiger partial charge is 0.381 e. The first-order valence-corrected chi connectivity index (χ1v) is 14.1. The first-order valence-electron chi connectivity index (χ1n) is 12.2. The molecule has 0 spiro atoms. The number of carbonyl (C=O) groups excluding carboxylic acids is 1. The monoisotopic (exact) mass is 506 g/mol. The summed E-state index contributed by atoms with van der Waals surface area (Å²) in [5.74, 6) is -0.141. The topological polar surface area (TPSA) is 75.7 Å². The highest BCUT2D eigenvalue weighted by atomic mass is 32.2. The summed E-state index contributed by atoms with van der Waals surface area (Å²) in [6, 6.07) is 23.1. The molecule has 1 saturated heterocycles. The highest BCUT2D eigenvalue weighted by molar-refractivity contribution is 7.92. The lowest BCUT2D eigenvalue weighted by Gasteiger charge is -2.38. The van der Waals surface area contributed by atoms with Crippen LogP contribution < -0.4 is 9.62 Å². The van der Waals surface area contributed by atoms with Crippen LogP contribution in [0.2, 0.25) is 0 Å². The molecule has 190 valence electrons. The van der Waals surface area contributed by atoms with Crippen LogP contribution in [0.15, 0.2) is 72.8 Å². The minimum Gasteiger partial charge on any atom is -0.381 e. The number of anilines is 1. The molecule has 1 N–H and O–H groups in total. The molecule has 6 nitrogen and oxygen atoms in total. The summed E-state index contributed by atoms with van der Waals surface area (Å²) < 4.78 is 32.1. The lowest BCUT2D eigenvalue weighted by Crippen LogP contribution is -2.44. The zero-order valence-corrected chi connectivity index (χ0v) is 22.0. The maximum Gasteiger partial charge on any atom is 0.251 e. The van der Waals surface area contributed by atoms with Gasteiger partial charge in [-0.2, -0.15) is 0 Å². The summed E-state index contributed by atoms with van der Waals surface area (Å²) >= 11 is 0. The third-order valence-corrected chi connectivity index (χ3v) is 8.29. The number of hydrogen-bond acceptors (Lipinski definition) is 4. The summed E-state index contributed by atoms with van der Waals surface area (Å²) in [5.41, 5.74) is 5.20. The molecular weight excluding hydrogens is 472 g/mol. The number of nitrogens with zero attached hydrogens (tertiary/aromatic N) is 1. The molecule has 0 unspecified atom stereocenters.